The van der Waals surface area contributed by atoms with Gasteiger partial charge in [0.05, 0.1) is 25.7 Å². The lowest BCUT2D eigenvalue weighted by atomic mass is 9.95. The Morgan fingerprint density at radius 2 is 2.16 bits per heavy atom. The van der Waals surface area contributed by atoms with Crippen LogP contribution in [0.15, 0.2) is 24.3 Å². The normalized spacial score (nSPS) is 22.9. The summed E-state index contributed by atoms with van der Waals surface area (Å²) in [5.74, 6) is 0.0291. The number of benzene rings is 1. The number of nitrogens with zero attached hydrogens (tertiary/aromatic N) is 1. The predicted molar refractivity (Wildman–Crippen MR) is 70.4 cm³/mol. The van der Waals surface area contributed by atoms with Crippen molar-refractivity contribution < 1.29 is 14.4 Å². The summed E-state index contributed by atoms with van der Waals surface area (Å²) in [6.45, 7) is 2.04. The summed E-state index contributed by atoms with van der Waals surface area (Å²) in [6.07, 6.45) is 3.24. The number of hydrogen-bond donors (Lipinski definition) is 0. The Morgan fingerprint density at radius 3 is 3.00 bits per heavy atom. The van der Waals surface area contributed by atoms with E-state index in [0.29, 0.717) is 26.2 Å². The fourth-order valence-corrected chi connectivity index (χ4v) is 2.70. The second kappa shape index (κ2) is 5.72. The standard InChI is InChI=1S/C15H19NO3/c17-15(16-8-3-4-9-19-16)11-14-13-6-2-1-5-12(13)7-10-18-14/h1-2,5-6,14H,3-4,7-11H2/t14-/m1/s1. The van der Waals surface area contributed by atoms with Crippen LogP contribution in [0.2, 0.25) is 0 Å². The van der Waals surface area contributed by atoms with Gasteiger partial charge in [0.15, 0.2) is 0 Å². The Bertz CT molecular complexity index is 454. The molecule has 0 radical (unpaired) electrons. The molecule has 0 spiro atoms. The van der Waals surface area contributed by atoms with E-state index in [2.05, 4.69) is 12.1 Å². The van der Waals surface area contributed by atoms with E-state index in [-0.39, 0.29) is 12.0 Å². The SMILES string of the molecule is O=C(C[C@H]1OCCc2ccccc21)N1CCCCO1. The molecule has 1 amide bonds. The topological polar surface area (TPSA) is 38.8 Å². The van der Waals surface area contributed by atoms with Gasteiger partial charge in [0, 0.05) is 6.54 Å². The fraction of sp³-hybridized carbons (Fsp3) is 0.533. The highest BCUT2D eigenvalue weighted by Gasteiger charge is 2.26. The molecule has 1 saturated heterocycles. The zero-order valence-corrected chi connectivity index (χ0v) is 11.0. The number of carbonyl (C=O) groups is 1. The molecule has 102 valence electrons. The van der Waals surface area contributed by atoms with E-state index in [0.717, 1.165) is 24.8 Å². The molecule has 1 atom stereocenters. The molecule has 0 N–H and O–H groups in total. The van der Waals surface area contributed by atoms with Gasteiger partial charge in [-0.3, -0.25) is 9.63 Å². The summed E-state index contributed by atoms with van der Waals surface area (Å²) >= 11 is 0. The van der Waals surface area contributed by atoms with Gasteiger partial charge in [-0.1, -0.05) is 24.3 Å². The minimum absolute atomic E-state index is 0.0291. The van der Waals surface area contributed by atoms with Crippen LogP contribution < -0.4 is 0 Å². The first-order valence-electron chi connectivity index (χ1n) is 6.97. The number of ether oxygens (including phenoxy) is 1. The molecule has 1 aromatic rings. The van der Waals surface area contributed by atoms with Crippen LogP contribution in [-0.4, -0.2) is 30.7 Å². The molecule has 3 rings (SSSR count). The van der Waals surface area contributed by atoms with Gasteiger partial charge in [-0.05, 0) is 30.4 Å². The van der Waals surface area contributed by atoms with Crippen molar-refractivity contribution in [3.63, 3.8) is 0 Å². The molecule has 19 heavy (non-hydrogen) atoms. The molecule has 1 fully saturated rings. The molecule has 0 unspecified atom stereocenters. The number of hydrogen-bond acceptors (Lipinski definition) is 3. The number of fused-ring (bicyclic) bond motifs is 1. The van der Waals surface area contributed by atoms with Gasteiger partial charge < -0.3 is 4.74 Å². The van der Waals surface area contributed by atoms with Crippen LogP contribution in [0.1, 0.15) is 36.5 Å². The molecule has 0 aromatic heterocycles. The summed E-state index contributed by atoms with van der Waals surface area (Å²) in [5.41, 5.74) is 2.45. The number of amides is 1. The molecule has 4 heteroatoms. The van der Waals surface area contributed by atoms with Crippen molar-refractivity contribution in [3.8, 4) is 0 Å². The highest BCUT2D eigenvalue weighted by molar-refractivity contribution is 5.76. The Kier molecular flexibility index (Phi) is 3.80. The zero-order chi connectivity index (χ0) is 13.1. The summed E-state index contributed by atoms with van der Waals surface area (Å²) in [6, 6.07) is 8.22. The third kappa shape index (κ3) is 2.80. The first kappa shape index (κ1) is 12.6. The van der Waals surface area contributed by atoms with E-state index in [9.17, 15) is 4.79 Å². The van der Waals surface area contributed by atoms with Crippen molar-refractivity contribution in [2.75, 3.05) is 19.8 Å². The minimum atomic E-state index is -0.122. The Balaban J connectivity index is 1.68. The minimum Gasteiger partial charge on any atom is -0.373 e. The lowest BCUT2D eigenvalue weighted by molar-refractivity contribution is -0.199. The van der Waals surface area contributed by atoms with Gasteiger partial charge in [0.1, 0.15) is 0 Å². The van der Waals surface area contributed by atoms with Crippen molar-refractivity contribution in [2.45, 2.75) is 31.8 Å². The molecule has 0 saturated carbocycles. The number of carbonyl (C=O) groups excluding carboxylic acids is 1. The van der Waals surface area contributed by atoms with Crippen LogP contribution in [0.5, 0.6) is 0 Å². The molecule has 0 aliphatic carbocycles. The molecule has 2 heterocycles. The highest BCUT2D eigenvalue weighted by atomic mass is 16.7. The second-order valence-electron chi connectivity index (χ2n) is 5.05. The molecular weight excluding hydrogens is 242 g/mol. The van der Waals surface area contributed by atoms with Gasteiger partial charge in [-0.2, -0.15) is 0 Å². The van der Waals surface area contributed by atoms with Crippen molar-refractivity contribution in [1.82, 2.24) is 5.06 Å². The largest absolute Gasteiger partial charge is 0.373 e. The van der Waals surface area contributed by atoms with Gasteiger partial charge >= 0.3 is 0 Å². The van der Waals surface area contributed by atoms with Gasteiger partial charge in [-0.15, -0.1) is 0 Å². The van der Waals surface area contributed by atoms with Crippen LogP contribution in [0.4, 0.5) is 0 Å². The summed E-state index contributed by atoms with van der Waals surface area (Å²) in [7, 11) is 0. The Labute approximate surface area is 113 Å². The average Bonchev–Trinajstić information content (AvgIpc) is 2.48. The number of rotatable bonds is 2. The third-order valence-electron chi connectivity index (χ3n) is 3.73. The quantitative estimate of drug-likeness (QED) is 0.819. The van der Waals surface area contributed by atoms with Crippen molar-refractivity contribution in [3.05, 3.63) is 35.4 Å². The van der Waals surface area contributed by atoms with E-state index in [1.54, 1.807) is 0 Å². The monoisotopic (exact) mass is 261 g/mol. The van der Waals surface area contributed by atoms with Gasteiger partial charge in [-0.25, -0.2) is 5.06 Å². The van der Waals surface area contributed by atoms with E-state index >= 15 is 0 Å². The summed E-state index contributed by atoms with van der Waals surface area (Å²) in [5, 5.41) is 1.50. The van der Waals surface area contributed by atoms with E-state index in [1.165, 1.54) is 10.6 Å². The van der Waals surface area contributed by atoms with Crippen LogP contribution in [0, 0.1) is 0 Å². The maximum Gasteiger partial charge on any atom is 0.249 e. The molecule has 1 aromatic carbocycles. The van der Waals surface area contributed by atoms with Crippen molar-refractivity contribution in [2.24, 2.45) is 0 Å². The fourth-order valence-electron chi connectivity index (χ4n) is 2.70. The smallest absolute Gasteiger partial charge is 0.249 e. The Hall–Kier alpha value is -1.39. The second-order valence-corrected chi connectivity index (χ2v) is 5.05. The lowest BCUT2D eigenvalue weighted by Crippen LogP contribution is -2.37. The first-order valence-corrected chi connectivity index (χ1v) is 6.97. The third-order valence-corrected chi connectivity index (χ3v) is 3.73. The van der Waals surface area contributed by atoms with Crippen LogP contribution in [0.3, 0.4) is 0 Å². The molecule has 2 aliphatic rings. The Morgan fingerprint density at radius 1 is 1.26 bits per heavy atom. The van der Waals surface area contributed by atoms with E-state index in [4.69, 9.17) is 9.57 Å². The molecule has 4 nitrogen and oxygen atoms in total. The van der Waals surface area contributed by atoms with Crippen molar-refractivity contribution in [1.29, 1.82) is 0 Å². The van der Waals surface area contributed by atoms with Gasteiger partial charge in [0.2, 0.25) is 5.91 Å². The maximum atomic E-state index is 12.2. The lowest BCUT2D eigenvalue weighted by Gasteiger charge is -2.30. The van der Waals surface area contributed by atoms with Gasteiger partial charge in [0.25, 0.3) is 0 Å². The molecule has 0 bridgehead atoms. The highest BCUT2D eigenvalue weighted by Crippen LogP contribution is 2.30. The van der Waals surface area contributed by atoms with Crippen LogP contribution in [-0.2, 0) is 20.8 Å². The summed E-state index contributed by atoms with van der Waals surface area (Å²) < 4.78 is 5.76. The predicted octanol–water partition coefficient (Wildman–Crippen LogP) is 2.24. The molecule has 2 aliphatic heterocycles. The summed E-state index contributed by atoms with van der Waals surface area (Å²) in [4.78, 5) is 17.6. The first-order chi connectivity index (χ1) is 9.34. The van der Waals surface area contributed by atoms with E-state index < -0.39 is 0 Å². The van der Waals surface area contributed by atoms with Crippen LogP contribution >= 0.6 is 0 Å². The molecular formula is C15H19NO3. The maximum absolute atomic E-state index is 12.2. The van der Waals surface area contributed by atoms with E-state index in [1.807, 2.05) is 12.1 Å². The van der Waals surface area contributed by atoms with Crippen molar-refractivity contribution >= 4 is 5.91 Å². The average molecular weight is 261 g/mol. The zero-order valence-electron chi connectivity index (χ0n) is 11.0. The number of hydroxylamine groups is 2. The van der Waals surface area contributed by atoms with Crippen LogP contribution in [0.25, 0.3) is 0 Å².